The van der Waals surface area contributed by atoms with Gasteiger partial charge in [-0.3, -0.25) is 19.2 Å². The lowest BCUT2D eigenvalue weighted by molar-refractivity contribution is -0.152. The number of nitrogens with zero attached hydrogens (tertiary/aromatic N) is 4. The number of alkyl halides is 4. The zero-order valence-electron chi connectivity index (χ0n) is 17.7. The van der Waals surface area contributed by atoms with Crippen molar-refractivity contribution in [3.63, 3.8) is 0 Å². The normalized spacial score (nSPS) is 19.3. The van der Waals surface area contributed by atoms with Gasteiger partial charge >= 0.3 is 6.18 Å². The molecule has 1 aromatic carbocycles. The lowest BCUT2D eigenvalue weighted by atomic mass is 10.1. The number of aromatic nitrogens is 2. The summed E-state index contributed by atoms with van der Waals surface area (Å²) in [7, 11) is 1.43. The predicted molar refractivity (Wildman–Crippen MR) is 105 cm³/mol. The van der Waals surface area contributed by atoms with Gasteiger partial charge in [-0.2, -0.15) is 18.3 Å². The Morgan fingerprint density at radius 3 is 2.85 bits per heavy atom. The van der Waals surface area contributed by atoms with E-state index in [2.05, 4.69) is 10.4 Å². The molecule has 3 heterocycles. The number of ether oxygens (including phenoxy) is 1. The molecule has 0 unspecified atom stereocenters. The number of fused-ring (bicyclic) bond motifs is 3. The third kappa shape index (κ3) is 4.94. The third-order valence-corrected chi connectivity index (χ3v) is 5.45. The molecule has 8 nitrogen and oxygen atoms in total. The predicted octanol–water partition coefficient (Wildman–Crippen LogP) is 2.80. The summed E-state index contributed by atoms with van der Waals surface area (Å²) in [5.41, 5.74) is 0.532. The molecule has 1 amide bonds. The minimum atomic E-state index is -4.79. The van der Waals surface area contributed by atoms with Gasteiger partial charge in [0, 0.05) is 37.8 Å². The number of halogens is 5. The molecule has 2 aliphatic heterocycles. The molecule has 0 saturated carbocycles. The van der Waals surface area contributed by atoms with E-state index in [1.165, 1.54) is 17.8 Å². The number of benzene rings is 1. The van der Waals surface area contributed by atoms with Crippen LogP contribution in [-0.4, -0.2) is 65.5 Å². The second-order valence-electron chi connectivity index (χ2n) is 7.79. The van der Waals surface area contributed by atoms with Crippen molar-refractivity contribution in [3.05, 3.63) is 46.5 Å². The van der Waals surface area contributed by atoms with Gasteiger partial charge in [0.1, 0.15) is 37.8 Å². The van der Waals surface area contributed by atoms with E-state index in [4.69, 9.17) is 9.57 Å². The van der Waals surface area contributed by atoms with Crippen molar-refractivity contribution in [2.24, 2.45) is 0 Å². The van der Waals surface area contributed by atoms with E-state index in [1.54, 1.807) is 0 Å². The zero-order chi connectivity index (χ0) is 23.8. The SMILES string of the molecule is CN1O[C@H](CF)Cn2nc3c(c2C1=O)CN(COCNc1ccc(F)c(C(F)(F)F)c1)CC3. The molecule has 0 radical (unpaired) electrons. The number of amides is 1. The summed E-state index contributed by atoms with van der Waals surface area (Å²) in [6.45, 7) is 0.342. The highest BCUT2D eigenvalue weighted by molar-refractivity contribution is 5.93. The van der Waals surface area contributed by atoms with Crippen molar-refractivity contribution in [2.75, 3.05) is 39.0 Å². The minimum absolute atomic E-state index is 0.0719. The summed E-state index contributed by atoms with van der Waals surface area (Å²) in [5, 5.41) is 8.15. The quantitative estimate of drug-likeness (QED) is 0.394. The first-order valence-electron chi connectivity index (χ1n) is 10.2. The lowest BCUT2D eigenvalue weighted by Crippen LogP contribution is -2.35. The summed E-state index contributed by atoms with van der Waals surface area (Å²) in [5.74, 6) is -1.76. The van der Waals surface area contributed by atoms with Gasteiger partial charge in [0.25, 0.3) is 5.91 Å². The van der Waals surface area contributed by atoms with Gasteiger partial charge in [-0.05, 0) is 18.2 Å². The summed E-state index contributed by atoms with van der Waals surface area (Å²) < 4.78 is 72.1. The maximum Gasteiger partial charge on any atom is 0.419 e. The number of rotatable bonds is 6. The third-order valence-electron chi connectivity index (χ3n) is 5.45. The molecule has 13 heteroatoms. The van der Waals surface area contributed by atoms with Crippen molar-refractivity contribution in [1.82, 2.24) is 19.7 Å². The first kappa shape index (κ1) is 23.4. The first-order chi connectivity index (χ1) is 15.7. The van der Waals surface area contributed by atoms with Gasteiger partial charge in [-0.1, -0.05) is 0 Å². The largest absolute Gasteiger partial charge is 0.419 e. The van der Waals surface area contributed by atoms with Gasteiger partial charge in [-0.25, -0.2) is 13.8 Å². The van der Waals surface area contributed by atoms with E-state index in [0.29, 0.717) is 36.8 Å². The topological polar surface area (TPSA) is 71.9 Å². The Balaban J connectivity index is 1.36. The number of hydroxylamine groups is 2. The molecule has 0 bridgehead atoms. The molecule has 2 aliphatic rings. The number of nitrogens with one attached hydrogen (secondary N) is 1. The van der Waals surface area contributed by atoms with Crippen LogP contribution in [0.1, 0.15) is 27.3 Å². The number of carbonyl (C=O) groups excluding carboxylic acids is 1. The van der Waals surface area contributed by atoms with Crippen LogP contribution in [0, 0.1) is 5.82 Å². The van der Waals surface area contributed by atoms with E-state index in [1.807, 2.05) is 4.90 Å². The monoisotopic (exact) mass is 475 g/mol. The van der Waals surface area contributed by atoms with Gasteiger partial charge in [0.2, 0.25) is 0 Å². The average Bonchev–Trinajstić information content (AvgIpc) is 3.07. The molecule has 4 rings (SSSR count). The Kier molecular flexibility index (Phi) is 6.54. The number of hydrogen-bond acceptors (Lipinski definition) is 6. The van der Waals surface area contributed by atoms with Crippen LogP contribution in [0.3, 0.4) is 0 Å². The lowest BCUT2D eigenvalue weighted by Gasteiger charge is -2.26. The van der Waals surface area contributed by atoms with E-state index in [9.17, 15) is 26.7 Å². The van der Waals surface area contributed by atoms with Crippen LogP contribution in [0.2, 0.25) is 0 Å². The molecule has 0 spiro atoms. The maximum atomic E-state index is 13.4. The minimum Gasteiger partial charge on any atom is -0.363 e. The van der Waals surface area contributed by atoms with Crippen molar-refractivity contribution in [3.8, 4) is 0 Å². The van der Waals surface area contributed by atoms with Crippen LogP contribution < -0.4 is 5.32 Å². The Bertz CT molecular complexity index is 1030. The van der Waals surface area contributed by atoms with E-state index in [-0.39, 0.29) is 25.7 Å². The van der Waals surface area contributed by atoms with Gasteiger partial charge in [0.15, 0.2) is 0 Å². The second-order valence-corrected chi connectivity index (χ2v) is 7.79. The Morgan fingerprint density at radius 1 is 1.33 bits per heavy atom. The molecular formula is C20H22F5N5O3. The van der Waals surface area contributed by atoms with Crippen LogP contribution in [-0.2, 0) is 35.3 Å². The molecule has 1 N–H and O–H groups in total. The maximum absolute atomic E-state index is 13.4. The van der Waals surface area contributed by atoms with E-state index in [0.717, 1.165) is 16.8 Å². The van der Waals surface area contributed by atoms with Crippen molar-refractivity contribution >= 4 is 11.6 Å². The van der Waals surface area contributed by atoms with Crippen LogP contribution in [0.25, 0.3) is 0 Å². The van der Waals surface area contributed by atoms with Gasteiger partial charge in [0.05, 0.1) is 17.8 Å². The fourth-order valence-electron chi connectivity index (χ4n) is 3.85. The first-order valence-corrected chi connectivity index (χ1v) is 10.2. The second kappa shape index (κ2) is 9.23. The van der Waals surface area contributed by atoms with Crippen LogP contribution >= 0.6 is 0 Å². The Morgan fingerprint density at radius 2 is 2.12 bits per heavy atom. The van der Waals surface area contributed by atoms with E-state index >= 15 is 0 Å². The molecule has 0 aliphatic carbocycles. The summed E-state index contributed by atoms with van der Waals surface area (Å²) in [6, 6.07) is 2.62. The molecule has 0 fully saturated rings. The number of anilines is 1. The van der Waals surface area contributed by atoms with Crippen LogP contribution in [0.4, 0.5) is 27.6 Å². The van der Waals surface area contributed by atoms with Gasteiger partial charge in [-0.15, -0.1) is 0 Å². The fraction of sp³-hybridized carbons (Fsp3) is 0.500. The van der Waals surface area contributed by atoms with Crippen molar-refractivity contribution < 1.29 is 36.3 Å². The molecular weight excluding hydrogens is 453 g/mol. The molecule has 0 saturated heterocycles. The van der Waals surface area contributed by atoms with Crippen LogP contribution in [0.15, 0.2) is 18.2 Å². The van der Waals surface area contributed by atoms with Gasteiger partial charge < -0.3 is 10.1 Å². The molecule has 180 valence electrons. The highest BCUT2D eigenvalue weighted by Crippen LogP contribution is 2.33. The molecule has 1 atom stereocenters. The highest BCUT2D eigenvalue weighted by atomic mass is 19.4. The fourth-order valence-corrected chi connectivity index (χ4v) is 3.85. The average molecular weight is 475 g/mol. The number of hydrogen-bond donors (Lipinski definition) is 1. The van der Waals surface area contributed by atoms with Crippen molar-refractivity contribution in [2.45, 2.75) is 31.8 Å². The summed E-state index contributed by atoms with van der Waals surface area (Å²) in [4.78, 5) is 19.9. The highest BCUT2D eigenvalue weighted by Gasteiger charge is 2.35. The summed E-state index contributed by atoms with van der Waals surface area (Å²) >= 11 is 0. The molecule has 33 heavy (non-hydrogen) atoms. The van der Waals surface area contributed by atoms with Crippen LogP contribution in [0.5, 0.6) is 0 Å². The van der Waals surface area contributed by atoms with Crippen molar-refractivity contribution in [1.29, 1.82) is 0 Å². The zero-order valence-corrected chi connectivity index (χ0v) is 17.7. The molecule has 1 aromatic heterocycles. The summed E-state index contributed by atoms with van der Waals surface area (Å²) in [6.07, 6.45) is -5.05. The standard InChI is InChI=1S/C20H22F5N5O3/c1-28-19(31)18-14-9-29(5-4-17(14)27-30(18)8-13(7-21)33-28)11-32-10-26-12-2-3-16(22)15(6-12)20(23,24)25/h2-3,6,13,26H,4-5,7-11H2,1H3/t13-/m1/s1. The number of carbonyl (C=O) groups is 1. The Hall–Kier alpha value is -2.77. The molecule has 2 aromatic rings. The van der Waals surface area contributed by atoms with E-state index < -0.39 is 36.2 Å². The Labute approximate surface area is 185 Å². The smallest absolute Gasteiger partial charge is 0.363 e.